The average molecular weight is 440 g/mol. The van der Waals surface area contributed by atoms with Crippen molar-refractivity contribution in [3.63, 3.8) is 0 Å². The monoisotopic (exact) mass is 439 g/mol. The molecule has 1 amide bonds. The highest BCUT2D eigenvalue weighted by Crippen LogP contribution is 2.49. The minimum Gasteiger partial charge on any atom is -0.338 e. The highest BCUT2D eigenvalue weighted by molar-refractivity contribution is 8.03. The number of aryl methyl sites for hydroxylation is 1. The average Bonchev–Trinajstić information content (AvgIpc) is 3.28. The first-order valence-electron chi connectivity index (χ1n) is 10.8. The van der Waals surface area contributed by atoms with E-state index in [4.69, 9.17) is 0 Å². The molecule has 0 atom stereocenters. The van der Waals surface area contributed by atoms with Crippen LogP contribution in [-0.4, -0.2) is 18.7 Å². The van der Waals surface area contributed by atoms with Gasteiger partial charge in [-0.15, -0.1) is 0 Å². The Morgan fingerprint density at radius 2 is 1.78 bits per heavy atom. The molecule has 0 aromatic heterocycles. The third-order valence-electron chi connectivity index (χ3n) is 6.04. The Bertz CT molecular complexity index is 1330. The largest absolute Gasteiger partial charge is 0.338 e. The van der Waals surface area contributed by atoms with Crippen molar-refractivity contribution in [2.45, 2.75) is 32.1 Å². The van der Waals surface area contributed by atoms with Crippen LogP contribution in [0.1, 0.15) is 25.8 Å². The van der Waals surface area contributed by atoms with Crippen LogP contribution in [0.15, 0.2) is 92.9 Å². The molecule has 3 aromatic rings. The number of amides is 1. The number of carbonyl (C=O) groups is 1. The van der Waals surface area contributed by atoms with Gasteiger partial charge in [0.25, 0.3) is 5.91 Å². The van der Waals surface area contributed by atoms with Crippen molar-refractivity contribution in [2.75, 3.05) is 17.0 Å². The second-order valence-electron chi connectivity index (χ2n) is 8.17. The van der Waals surface area contributed by atoms with Crippen LogP contribution in [0.3, 0.4) is 0 Å². The predicted molar refractivity (Wildman–Crippen MR) is 135 cm³/mol. The zero-order valence-corrected chi connectivity index (χ0v) is 19.5. The number of benzene rings is 3. The Morgan fingerprint density at radius 3 is 2.53 bits per heavy atom. The van der Waals surface area contributed by atoms with Gasteiger partial charge in [0.05, 0.1) is 27.7 Å². The summed E-state index contributed by atoms with van der Waals surface area (Å²) in [7, 11) is 2.10. The number of hydrogen-bond acceptors (Lipinski definition) is 4. The molecule has 0 N–H and O–H groups in total. The summed E-state index contributed by atoms with van der Waals surface area (Å²) in [6.45, 7) is 6.05. The topological polar surface area (TPSA) is 35.9 Å². The second kappa shape index (κ2) is 7.99. The number of nitrogens with zero attached hydrogens (tertiary/aromatic N) is 3. The summed E-state index contributed by atoms with van der Waals surface area (Å²) in [5.74, 6) is -0.0614. The van der Waals surface area contributed by atoms with Crippen LogP contribution in [0.4, 0.5) is 11.4 Å². The van der Waals surface area contributed by atoms with Gasteiger partial charge in [-0.2, -0.15) is 10.1 Å². The molecule has 2 heterocycles. The number of thioether (sulfide) groups is 1. The molecule has 2 aliphatic rings. The number of carbonyl (C=O) groups excluding carboxylic acids is 1. The first kappa shape index (κ1) is 20.6. The van der Waals surface area contributed by atoms with Crippen LogP contribution in [0.2, 0.25) is 0 Å². The van der Waals surface area contributed by atoms with E-state index in [1.807, 2.05) is 38.1 Å². The second-order valence-corrected chi connectivity index (χ2v) is 9.23. The third-order valence-corrected chi connectivity index (χ3v) is 7.19. The molecule has 5 heteroatoms. The Balaban J connectivity index is 1.54. The van der Waals surface area contributed by atoms with Crippen molar-refractivity contribution >= 4 is 45.5 Å². The molecule has 0 unspecified atom stereocenters. The standard InChI is InChI=1S/C27H25N3OS/c1-5-19(25-18(3)28-30(27(25)31)21-13-10-17(2)11-14-21)16-24-29(4)26-22-9-7-6-8-20(22)12-15-23(26)32-24/h6-16H,5H2,1-4H3/b24-16-,25-19?. The van der Waals surface area contributed by atoms with Gasteiger partial charge in [0.15, 0.2) is 0 Å². The maximum absolute atomic E-state index is 13.4. The molecule has 4 nitrogen and oxygen atoms in total. The number of rotatable bonds is 3. The first-order valence-corrected chi connectivity index (χ1v) is 11.6. The fourth-order valence-corrected chi connectivity index (χ4v) is 5.45. The van der Waals surface area contributed by atoms with Crippen molar-refractivity contribution in [2.24, 2.45) is 5.10 Å². The van der Waals surface area contributed by atoms with E-state index < -0.39 is 0 Å². The zero-order valence-electron chi connectivity index (χ0n) is 18.7. The molecule has 0 radical (unpaired) electrons. The van der Waals surface area contributed by atoms with Crippen LogP contribution in [0, 0.1) is 6.92 Å². The molecule has 0 saturated heterocycles. The minimum absolute atomic E-state index is 0.0614. The molecular weight excluding hydrogens is 414 g/mol. The SMILES string of the molecule is CCC(/C=C1\Sc2ccc3ccccc3c2N1C)=C1C(=O)N(c2ccc(C)cc2)N=C1C. The fraction of sp³-hybridized carbons (Fsp3) is 0.185. The summed E-state index contributed by atoms with van der Waals surface area (Å²) in [4.78, 5) is 16.8. The molecule has 0 fully saturated rings. The van der Waals surface area contributed by atoms with E-state index in [-0.39, 0.29) is 5.91 Å². The van der Waals surface area contributed by atoms with Crippen molar-refractivity contribution in [3.05, 3.63) is 88.5 Å². The van der Waals surface area contributed by atoms with Crippen molar-refractivity contribution in [1.82, 2.24) is 0 Å². The molecule has 32 heavy (non-hydrogen) atoms. The van der Waals surface area contributed by atoms with Gasteiger partial charge in [0, 0.05) is 17.3 Å². The number of hydrazone groups is 1. The minimum atomic E-state index is -0.0614. The highest BCUT2D eigenvalue weighted by Gasteiger charge is 2.31. The molecule has 0 aliphatic carbocycles. The van der Waals surface area contributed by atoms with Gasteiger partial charge in [0.2, 0.25) is 0 Å². The summed E-state index contributed by atoms with van der Waals surface area (Å²) < 4.78 is 0. The predicted octanol–water partition coefficient (Wildman–Crippen LogP) is 6.66. The van der Waals surface area contributed by atoms with Crippen LogP contribution < -0.4 is 9.91 Å². The van der Waals surface area contributed by atoms with E-state index in [1.165, 1.54) is 26.4 Å². The quantitative estimate of drug-likeness (QED) is 0.428. The lowest BCUT2D eigenvalue weighted by atomic mass is 10.0. The van der Waals surface area contributed by atoms with E-state index in [9.17, 15) is 4.79 Å². The van der Waals surface area contributed by atoms with Crippen LogP contribution in [0.5, 0.6) is 0 Å². The number of fused-ring (bicyclic) bond motifs is 3. The van der Waals surface area contributed by atoms with E-state index in [0.717, 1.165) is 34.0 Å². The first-order chi connectivity index (χ1) is 15.5. The lowest BCUT2D eigenvalue weighted by Gasteiger charge is -2.17. The Kier molecular flexibility index (Phi) is 5.14. The van der Waals surface area contributed by atoms with Crippen LogP contribution in [0.25, 0.3) is 10.8 Å². The van der Waals surface area contributed by atoms with Gasteiger partial charge in [-0.1, -0.05) is 66.7 Å². The third kappa shape index (κ3) is 3.33. The van der Waals surface area contributed by atoms with Crippen molar-refractivity contribution in [1.29, 1.82) is 0 Å². The zero-order chi connectivity index (χ0) is 22.4. The number of allylic oxidation sites excluding steroid dienone is 2. The molecule has 0 spiro atoms. The van der Waals surface area contributed by atoms with Gasteiger partial charge in [-0.25, -0.2) is 0 Å². The van der Waals surface area contributed by atoms with E-state index >= 15 is 0 Å². The maximum atomic E-state index is 13.4. The van der Waals surface area contributed by atoms with Gasteiger partial charge >= 0.3 is 0 Å². The molecular formula is C27H25N3OS. The fourth-order valence-electron chi connectivity index (χ4n) is 4.32. The van der Waals surface area contributed by atoms with Crippen molar-refractivity contribution < 1.29 is 4.79 Å². The van der Waals surface area contributed by atoms with Crippen LogP contribution >= 0.6 is 11.8 Å². The van der Waals surface area contributed by atoms with Gasteiger partial charge in [0.1, 0.15) is 0 Å². The maximum Gasteiger partial charge on any atom is 0.280 e. The summed E-state index contributed by atoms with van der Waals surface area (Å²) >= 11 is 1.75. The number of hydrogen-bond donors (Lipinski definition) is 0. The summed E-state index contributed by atoms with van der Waals surface area (Å²) in [5.41, 5.74) is 5.66. The number of anilines is 2. The van der Waals surface area contributed by atoms with E-state index in [0.29, 0.717) is 5.57 Å². The van der Waals surface area contributed by atoms with E-state index in [1.54, 1.807) is 11.8 Å². The summed E-state index contributed by atoms with van der Waals surface area (Å²) in [6.07, 6.45) is 2.91. The van der Waals surface area contributed by atoms with E-state index in [2.05, 4.69) is 66.4 Å². The molecule has 160 valence electrons. The lowest BCUT2D eigenvalue weighted by Crippen LogP contribution is -2.22. The Labute approximate surface area is 192 Å². The normalized spacial score (nSPS) is 18.6. The Hall–Kier alpha value is -3.31. The molecule has 2 aliphatic heterocycles. The van der Waals surface area contributed by atoms with Gasteiger partial charge in [-0.05, 0) is 55.5 Å². The molecule has 5 rings (SSSR count). The lowest BCUT2D eigenvalue weighted by molar-refractivity contribution is -0.114. The Morgan fingerprint density at radius 1 is 1.03 bits per heavy atom. The van der Waals surface area contributed by atoms with Crippen molar-refractivity contribution in [3.8, 4) is 0 Å². The van der Waals surface area contributed by atoms with Gasteiger partial charge in [-0.3, -0.25) is 4.79 Å². The summed E-state index contributed by atoms with van der Waals surface area (Å²) in [6, 6.07) is 20.7. The molecule has 0 saturated carbocycles. The summed E-state index contributed by atoms with van der Waals surface area (Å²) in [5, 5.41) is 9.70. The highest BCUT2D eigenvalue weighted by atomic mass is 32.2. The van der Waals surface area contributed by atoms with Gasteiger partial charge < -0.3 is 4.90 Å². The smallest absolute Gasteiger partial charge is 0.280 e. The molecule has 0 bridgehead atoms. The van der Waals surface area contributed by atoms with Crippen LogP contribution in [-0.2, 0) is 4.79 Å². The molecule has 3 aromatic carbocycles.